The van der Waals surface area contributed by atoms with Gasteiger partial charge in [-0.05, 0) is 24.7 Å². The maximum absolute atomic E-state index is 12.0. The molecule has 0 N–H and O–H groups in total. The number of likely N-dealkylation sites (tertiary alicyclic amines) is 1. The minimum atomic E-state index is 0.147. The smallest absolute Gasteiger partial charge is 0.246 e. The summed E-state index contributed by atoms with van der Waals surface area (Å²) in [4.78, 5) is 15.4. The first-order chi connectivity index (χ1) is 9.12. The lowest BCUT2D eigenvalue weighted by molar-refractivity contribution is -0.158. The molecule has 19 heavy (non-hydrogen) atoms. The first kappa shape index (κ1) is 12.6. The molecule has 1 atom stereocenters. The van der Waals surface area contributed by atoms with Crippen LogP contribution in [0, 0.1) is 17.3 Å². The van der Waals surface area contributed by atoms with Crippen LogP contribution in [0.3, 0.4) is 0 Å². The van der Waals surface area contributed by atoms with Crippen LogP contribution in [0.1, 0.15) is 33.1 Å². The van der Waals surface area contributed by atoms with Gasteiger partial charge in [-0.1, -0.05) is 20.3 Å². The quantitative estimate of drug-likeness (QED) is 0.827. The van der Waals surface area contributed by atoms with Gasteiger partial charge >= 0.3 is 0 Å². The first-order valence-corrected chi connectivity index (χ1v) is 7.24. The van der Waals surface area contributed by atoms with Crippen LogP contribution in [0.4, 0.5) is 0 Å². The molecule has 0 radical (unpaired) electrons. The Kier molecular flexibility index (Phi) is 3.07. The number of nitrogens with zero attached hydrogens (tertiary/aromatic N) is 4. The van der Waals surface area contributed by atoms with Gasteiger partial charge in [-0.3, -0.25) is 4.79 Å². The average Bonchev–Trinajstić information content (AvgIpc) is 2.77. The summed E-state index contributed by atoms with van der Waals surface area (Å²) in [5.74, 6) is 1.87. The molecule has 0 aromatic carbocycles. The predicted octanol–water partition coefficient (Wildman–Crippen LogP) is 1.56. The average molecular weight is 262 g/mol. The zero-order valence-electron chi connectivity index (χ0n) is 11.7. The van der Waals surface area contributed by atoms with E-state index in [9.17, 15) is 4.79 Å². The van der Waals surface area contributed by atoms with Crippen molar-refractivity contribution < 1.29 is 4.79 Å². The van der Waals surface area contributed by atoms with Gasteiger partial charge < -0.3 is 4.90 Å². The van der Waals surface area contributed by atoms with E-state index in [4.69, 9.17) is 0 Å². The highest BCUT2D eigenvalue weighted by atomic mass is 16.2. The van der Waals surface area contributed by atoms with Gasteiger partial charge in [0, 0.05) is 18.5 Å². The molecule has 1 saturated heterocycles. The molecular formula is C14H22N4O. The third-order valence-electron chi connectivity index (χ3n) is 4.99. The highest BCUT2D eigenvalue weighted by molar-refractivity contribution is 5.77. The van der Waals surface area contributed by atoms with E-state index >= 15 is 0 Å². The lowest BCUT2D eigenvalue weighted by Gasteiger charge is -2.60. The molecule has 3 rings (SSSR count). The number of hydrogen-bond donors (Lipinski definition) is 0. The highest BCUT2D eigenvalue weighted by Gasteiger charge is 2.54. The Bertz CT molecular complexity index is 442. The molecule has 1 saturated carbocycles. The summed E-state index contributed by atoms with van der Waals surface area (Å²) < 4.78 is 0. The monoisotopic (exact) mass is 262 g/mol. The minimum absolute atomic E-state index is 0.147. The molecule has 1 aromatic heterocycles. The van der Waals surface area contributed by atoms with Gasteiger partial charge in [-0.2, -0.15) is 15.0 Å². The van der Waals surface area contributed by atoms with Gasteiger partial charge in [-0.25, -0.2) is 0 Å². The molecule has 2 heterocycles. The molecule has 2 fully saturated rings. The fraction of sp³-hybridized carbons (Fsp3) is 0.786. The van der Waals surface area contributed by atoms with Crippen molar-refractivity contribution in [1.82, 2.24) is 19.9 Å². The maximum atomic E-state index is 12.0. The van der Waals surface area contributed by atoms with E-state index in [1.54, 1.807) is 12.4 Å². The maximum Gasteiger partial charge on any atom is 0.246 e. The van der Waals surface area contributed by atoms with E-state index in [1.807, 2.05) is 4.90 Å². The Morgan fingerprint density at radius 3 is 2.58 bits per heavy atom. The van der Waals surface area contributed by atoms with Gasteiger partial charge in [0.05, 0.1) is 12.4 Å². The first-order valence-electron chi connectivity index (χ1n) is 7.24. The van der Waals surface area contributed by atoms with Crippen molar-refractivity contribution in [3.8, 4) is 0 Å². The summed E-state index contributed by atoms with van der Waals surface area (Å²) in [5.41, 5.74) is 0.460. The summed E-state index contributed by atoms with van der Waals surface area (Å²) in [6.45, 7) is 6.78. The summed E-state index contributed by atoms with van der Waals surface area (Å²) >= 11 is 0. The number of carbonyl (C=O) groups excluding carboxylic acids is 1. The topological polar surface area (TPSA) is 51.0 Å². The van der Waals surface area contributed by atoms with Gasteiger partial charge in [0.2, 0.25) is 5.91 Å². The van der Waals surface area contributed by atoms with Gasteiger partial charge in [0.1, 0.15) is 6.54 Å². The second kappa shape index (κ2) is 4.62. The SMILES string of the molecule is CCC(C)C1CC2(C1)CN(C(=O)Cn1nccn1)C2. The predicted molar refractivity (Wildman–Crippen MR) is 71.2 cm³/mol. The van der Waals surface area contributed by atoms with Crippen molar-refractivity contribution in [1.29, 1.82) is 0 Å². The molecule has 104 valence electrons. The van der Waals surface area contributed by atoms with Crippen molar-refractivity contribution in [3.05, 3.63) is 12.4 Å². The van der Waals surface area contributed by atoms with Crippen LogP contribution in [0.15, 0.2) is 12.4 Å². The molecule has 1 aliphatic carbocycles. The second-order valence-corrected chi connectivity index (χ2v) is 6.36. The van der Waals surface area contributed by atoms with E-state index in [1.165, 1.54) is 24.1 Å². The lowest BCUT2D eigenvalue weighted by Crippen LogP contribution is -2.64. The fourth-order valence-electron chi connectivity index (χ4n) is 3.53. The summed E-state index contributed by atoms with van der Waals surface area (Å²) in [6, 6.07) is 0. The molecule has 5 heteroatoms. The largest absolute Gasteiger partial charge is 0.340 e. The van der Waals surface area contributed by atoms with Crippen LogP contribution < -0.4 is 0 Å². The number of amides is 1. The van der Waals surface area contributed by atoms with Crippen molar-refractivity contribution in [2.24, 2.45) is 17.3 Å². The summed E-state index contributed by atoms with van der Waals surface area (Å²) in [5, 5.41) is 7.94. The Morgan fingerprint density at radius 1 is 1.37 bits per heavy atom. The number of rotatable bonds is 4. The Balaban J connectivity index is 1.45. The van der Waals surface area contributed by atoms with Crippen molar-refractivity contribution in [2.75, 3.05) is 13.1 Å². The van der Waals surface area contributed by atoms with E-state index in [2.05, 4.69) is 24.0 Å². The molecule has 1 unspecified atom stereocenters. The number of hydrogen-bond acceptors (Lipinski definition) is 3. The number of aromatic nitrogens is 3. The molecule has 2 aliphatic rings. The molecule has 1 aliphatic heterocycles. The van der Waals surface area contributed by atoms with E-state index in [0.29, 0.717) is 5.41 Å². The van der Waals surface area contributed by atoms with Crippen molar-refractivity contribution in [2.45, 2.75) is 39.7 Å². The molecule has 1 aromatic rings. The van der Waals surface area contributed by atoms with Crippen molar-refractivity contribution in [3.63, 3.8) is 0 Å². The van der Waals surface area contributed by atoms with Crippen molar-refractivity contribution >= 4 is 5.91 Å². The molecule has 0 bridgehead atoms. The van der Waals surface area contributed by atoms with E-state index in [0.717, 1.165) is 24.9 Å². The zero-order chi connectivity index (χ0) is 13.5. The highest BCUT2D eigenvalue weighted by Crippen LogP contribution is 2.54. The van der Waals surface area contributed by atoms with Gasteiger partial charge in [0.25, 0.3) is 0 Å². The molecule has 5 nitrogen and oxygen atoms in total. The Hall–Kier alpha value is -1.39. The normalized spacial score (nSPS) is 22.9. The fourth-order valence-corrected chi connectivity index (χ4v) is 3.53. The lowest BCUT2D eigenvalue weighted by atomic mass is 9.54. The third-order valence-corrected chi connectivity index (χ3v) is 4.99. The minimum Gasteiger partial charge on any atom is -0.340 e. The second-order valence-electron chi connectivity index (χ2n) is 6.36. The molecular weight excluding hydrogens is 240 g/mol. The summed E-state index contributed by atoms with van der Waals surface area (Å²) in [6.07, 6.45) is 7.10. The Morgan fingerprint density at radius 2 is 2.00 bits per heavy atom. The summed E-state index contributed by atoms with van der Waals surface area (Å²) in [7, 11) is 0. The van der Waals surface area contributed by atoms with E-state index in [-0.39, 0.29) is 12.5 Å². The van der Waals surface area contributed by atoms with E-state index < -0.39 is 0 Å². The Labute approximate surface area is 114 Å². The third kappa shape index (κ3) is 2.26. The molecule has 1 spiro atoms. The van der Waals surface area contributed by atoms with Gasteiger partial charge in [0.15, 0.2) is 0 Å². The van der Waals surface area contributed by atoms with Gasteiger partial charge in [-0.15, -0.1) is 0 Å². The van der Waals surface area contributed by atoms with Crippen LogP contribution in [0.2, 0.25) is 0 Å². The van der Waals surface area contributed by atoms with Crippen LogP contribution in [-0.2, 0) is 11.3 Å². The zero-order valence-corrected chi connectivity index (χ0v) is 11.7. The van der Waals surface area contributed by atoms with Crippen LogP contribution >= 0.6 is 0 Å². The van der Waals surface area contributed by atoms with Crippen LogP contribution in [-0.4, -0.2) is 38.9 Å². The van der Waals surface area contributed by atoms with Crippen LogP contribution in [0.25, 0.3) is 0 Å². The standard InChI is InChI=1S/C14H22N4O/c1-3-11(2)12-6-14(7-12)9-17(10-14)13(19)8-18-15-4-5-16-18/h4-5,11-12H,3,6-10H2,1-2H3. The van der Waals surface area contributed by atoms with Crippen LogP contribution in [0.5, 0.6) is 0 Å². The molecule has 1 amide bonds. The number of carbonyl (C=O) groups is 1.